The fourth-order valence-electron chi connectivity index (χ4n) is 3.88. The van der Waals surface area contributed by atoms with E-state index < -0.39 is 0 Å². The predicted molar refractivity (Wildman–Crippen MR) is 115 cm³/mol. The number of rotatable bonds is 4. The summed E-state index contributed by atoms with van der Waals surface area (Å²) in [6, 6.07) is 19.8. The van der Waals surface area contributed by atoms with E-state index in [0.29, 0.717) is 5.56 Å². The number of halogens is 1. The Morgan fingerprint density at radius 2 is 1.82 bits per heavy atom. The minimum atomic E-state index is -0.0663. The molecule has 0 saturated heterocycles. The van der Waals surface area contributed by atoms with E-state index in [2.05, 4.69) is 29.7 Å². The zero-order valence-electron chi connectivity index (χ0n) is 15.9. The summed E-state index contributed by atoms with van der Waals surface area (Å²) in [5.41, 5.74) is 2.87. The van der Waals surface area contributed by atoms with Crippen molar-refractivity contribution in [3.8, 4) is 0 Å². The summed E-state index contributed by atoms with van der Waals surface area (Å²) in [6.07, 6.45) is 2.53. The molecule has 1 heterocycles. The summed E-state index contributed by atoms with van der Waals surface area (Å²) >= 11 is 6.67. The number of nitrogens with one attached hydrogen (secondary N) is 2. The highest BCUT2D eigenvalue weighted by molar-refractivity contribution is 6.21. The first-order valence-corrected chi connectivity index (χ1v) is 10.2. The van der Waals surface area contributed by atoms with Crippen LogP contribution in [0, 0.1) is 6.92 Å². The molecule has 4 rings (SSSR count). The van der Waals surface area contributed by atoms with E-state index in [-0.39, 0.29) is 23.4 Å². The number of pyridine rings is 1. The van der Waals surface area contributed by atoms with Gasteiger partial charge in [0, 0.05) is 23.0 Å². The topological polar surface area (TPSA) is 54.0 Å². The molecule has 2 N–H and O–H groups in total. The maximum Gasteiger partial charge on any atom is 0.251 e. The lowest BCUT2D eigenvalue weighted by atomic mass is 9.90. The van der Waals surface area contributed by atoms with Gasteiger partial charge in [0.25, 0.3) is 5.91 Å². The molecule has 2 aromatic carbocycles. The molecule has 1 aliphatic rings. The molecule has 1 aromatic heterocycles. The largest absolute Gasteiger partial charge is 0.366 e. The average molecular weight is 394 g/mol. The quantitative estimate of drug-likeness (QED) is 0.619. The molecule has 3 unspecified atom stereocenters. The number of para-hydroxylation sites is 1. The molecule has 1 amide bonds. The number of aromatic nitrogens is 1. The third kappa shape index (κ3) is 4.12. The van der Waals surface area contributed by atoms with Crippen molar-refractivity contribution in [3.63, 3.8) is 0 Å². The number of fused-ring (bicyclic) bond motifs is 1. The molecule has 0 spiro atoms. The van der Waals surface area contributed by atoms with Crippen LogP contribution in [0.3, 0.4) is 0 Å². The van der Waals surface area contributed by atoms with E-state index in [9.17, 15) is 4.79 Å². The molecular formula is C23H24ClN3O. The Morgan fingerprint density at radius 1 is 1.07 bits per heavy atom. The van der Waals surface area contributed by atoms with Crippen LogP contribution in [0.15, 0.2) is 60.7 Å². The van der Waals surface area contributed by atoms with Crippen LogP contribution >= 0.6 is 11.6 Å². The first-order chi connectivity index (χ1) is 13.6. The van der Waals surface area contributed by atoms with Crippen molar-refractivity contribution in [3.05, 3.63) is 71.8 Å². The molecule has 0 aliphatic heterocycles. The monoisotopic (exact) mass is 393 g/mol. The van der Waals surface area contributed by atoms with Gasteiger partial charge in [-0.25, -0.2) is 4.98 Å². The van der Waals surface area contributed by atoms with E-state index in [0.717, 1.165) is 30.6 Å². The molecule has 28 heavy (non-hydrogen) atoms. The minimum absolute atomic E-state index is 0.0345. The van der Waals surface area contributed by atoms with E-state index in [1.807, 2.05) is 48.5 Å². The molecule has 1 saturated carbocycles. The maximum absolute atomic E-state index is 12.4. The standard InChI is InChI=1S/C23H24ClN3O/c1-15-13-22(26-20-10-6-5-9-18(15)20)27-21-12-11-17(14-19(21)24)25-23(28)16-7-3-2-4-8-16/h2-10,13,17,19,21H,11-12,14H2,1H3,(H,25,28)(H,26,27). The molecular weight excluding hydrogens is 370 g/mol. The highest BCUT2D eigenvalue weighted by Gasteiger charge is 2.30. The zero-order chi connectivity index (χ0) is 19.5. The molecule has 3 aromatic rings. The van der Waals surface area contributed by atoms with Crippen molar-refractivity contribution in [2.75, 3.05) is 5.32 Å². The molecule has 0 bridgehead atoms. The number of aryl methyl sites for hydroxylation is 1. The molecule has 5 heteroatoms. The summed E-state index contributed by atoms with van der Waals surface area (Å²) < 4.78 is 0. The second-order valence-electron chi connectivity index (χ2n) is 7.46. The number of hydrogen-bond acceptors (Lipinski definition) is 3. The van der Waals surface area contributed by atoms with Crippen molar-refractivity contribution in [1.82, 2.24) is 10.3 Å². The van der Waals surface area contributed by atoms with Gasteiger partial charge in [-0.1, -0.05) is 36.4 Å². The summed E-state index contributed by atoms with van der Waals surface area (Å²) in [7, 11) is 0. The normalized spacial score (nSPS) is 22.0. The number of benzene rings is 2. The lowest BCUT2D eigenvalue weighted by Gasteiger charge is -2.34. The molecule has 144 valence electrons. The molecule has 1 aliphatic carbocycles. The number of alkyl halides is 1. The predicted octanol–water partition coefficient (Wildman–Crippen LogP) is 4.91. The van der Waals surface area contributed by atoms with Crippen molar-refractivity contribution in [2.45, 2.75) is 43.6 Å². The van der Waals surface area contributed by atoms with Crippen LogP contribution in [-0.4, -0.2) is 28.4 Å². The third-order valence-corrected chi connectivity index (χ3v) is 5.88. The second-order valence-corrected chi connectivity index (χ2v) is 8.02. The molecule has 3 atom stereocenters. The Morgan fingerprint density at radius 3 is 2.61 bits per heavy atom. The van der Waals surface area contributed by atoms with Crippen molar-refractivity contribution >= 4 is 34.2 Å². The van der Waals surface area contributed by atoms with E-state index in [1.165, 1.54) is 10.9 Å². The Labute approximate surface area is 170 Å². The smallest absolute Gasteiger partial charge is 0.251 e. The van der Waals surface area contributed by atoms with Crippen LogP contribution in [0.5, 0.6) is 0 Å². The Balaban J connectivity index is 1.39. The van der Waals surface area contributed by atoms with Gasteiger partial charge in [0.1, 0.15) is 5.82 Å². The van der Waals surface area contributed by atoms with Crippen LogP contribution in [0.1, 0.15) is 35.2 Å². The number of carbonyl (C=O) groups excluding carboxylic acids is 1. The highest BCUT2D eigenvalue weighted by Crippen LogP contribution is 2.28. The molecule has 1 fully saturated rings. The fraction of sp³-hybridized carbons (Fsp3) is 0.304. The summed E-state index contributed by atoms with van der Waals surface area (Å²) in [5, 5.41) is 7.73. The summed E-state index contributed by atoms with van der Waals surface area (Å²) in [6.45, 7) is 2.10. The van der Waals surface area contributed by atoms with Crippen LogP contribution in [0.25, 0.3) is 10.9 Å². The van der Waals surface area contributed by atoms with Crippen LogP contribution in [0.2, 0.25) is 0 Å². The minimum Gasteiger partial charge on any atom is -0.366 e. The number of amides is 1. The lowest BCUT2D eigenvalue weighted by Crippen LogP contribution is -2.45. The number of carbonyl (C=O) groups is 1. The van der Waals surface area contributed by atoms with Crippen LogP contribution < -0.4 is 10.6 Å². The fourth-order valence-corrected chi connectivity index (χ4v) is 4.28. The van der Waals surface area contributed by atoms with Crippen molar-refractivity contribution in [2.24, 2.45) is 0 Å². The summed E-state index contributed by atoms with van der Waals surface area (Å²) in [4.78, 5) is 17.1. The van der Waals surface area contributed by atoms with Gasteiger partial charge >= 0.3 is 0 Å². The Kier molecular flexibility index (Phi) is 5.49. The lowest BCUT2D eigenvalue weighted by molar-refractivity contribution is 0.0927. The number of anilines is 1. The van der Waals surface area contributed by atoms with Crippen LogP contribution in [-0.2, 0) is 0 Å². The maximum atomic E-state index is 12.4. The highest BCUT2D eigenvalue weighted by atomic mass is 35.5. The van der Waals surface area contributed by atoms with Crippen molar-refractivity contribution < 1.29 is 4.79 Å². The van der Waals surface area contributed by atoms with Gasteiger partial charge in [0.05, 0.1) is 10.9 Å². The first kappa shape index (κ1) is 18.8. The van der Waals surface area contributed by atoms with Gasteiger partial charge < -0.3 is 10.6 Å². The van der Waals surface area contributed by atoms with Crippen molar-refractivity contribution in [1.29, 1.82) is 0 Å². The van der Waals surface area contributed by atoms with Gasteiger partial charge in [-0.3, -0.25) is 4.79 Å². The second kappa shape index (κ2) is 8.19. The third-order valence-electron chi connectivity index (χ3n) is 5.40. The average Bonchev–Trinajstić information content (AvgIpc) is 2.71. The van der Waals surface area contributed by atoms with E-state index >= 15 is 0 Å². The van der Waals surface area contributed by atoms with Gasteiger partial charge in [0.15, 0.2) is 0 Å². The number of nitrogens with zero attached hydrogens (tertiary/aromatic N) is 1. The van der Waals surface area contributed by atoms with Crippen LogP contribution in [0.4, 0.5) is 5.82 Å². The zero-order valence-corrected chi connectivity index (χ0v) is 16.6. The Bertz CT molecular complexity index is 976. The summed E-state index contributed by atoms with van der Waals surface area (Å²) in [5.74, 6) is 0.825. The first-order valence-electron chi connectivity index (χ1n) is 9.73. The van der Waals surface area contributed by atoms with Gasteiger partial charge in [-0.15, -0.1) is 11.6 Å². The Hall–Kier alpha value is -2.59. The van der Waals surface area contributed by atoms with E-state index in [4.69, 9.17) is 16.6 Å². The van der Waals surface area contributed by atoms with Gasteiger partial charge in [0.2, 0.25) is 0 Å². The SMILES string of the molecule is Cc1cc(NC2CCC(NC(=O)c3ccccc3)CC2Cl)nc2ccccc12. The molecule has 0 radical (unpaired) electrons. The number of hydrogen-bond donors (Lipinski definition) is 2. The van der Waals surface area contributed by atoms with E-state index in [1.54, 1.807) is 0 Å². The molecule has 4 nitrogen and oxygen atoms in total. The van der Waals surface area contributed by atoms with Gasteiger partial charge in [-0.05, 0) is 56.0 Å². The van der Waals surface area contributed by atoms with Gasteiger partial charge in [-0.2, -0.15) is 0 Å².